The molecule has 1 amide bonds. The highest BCUT2D eigenvalue weighted by Crippen LogP contribution is 2.28. The molecule has 4 rings (SSSR count). The first-order valence-electron chi connectivity index (χ1n) is 17.9. The molecule has 2 N–H and O–H groups in total. The minimum atomic E-state index is -3.74. The van der Waals surface area contributed by atoms with Crippen LogP contribution >= 0.6 is 11.6 Å². The number of nitrogens with zero attached hydrogens (tertiary/aromatic N) is 1. The number of amides is 1. The number of carbonyl (C=O) groups is 4. The van der Waals surface area contributed by atoms with E-state index in [0.717, 1.165) is 43.3 Å². The summed E-state index contributed by atoms with van der Waals surface area (Å²) in [5, 5.41) is 3.92. The van der Waals surface area contributed by atoms with E-state index in [0.29, 0.717) is 49.5 Å². The first kappa shape index (κ1) is 39.8. The number of carbonyl (C=O) groups excluding carboxylic acids is 4. The van der Waals surface area contributed by atoms with Crippen LogP contribution in [0.1, 0.15) is 82.3 Å². The van der Waals surface area contributed by atoms with Gasteiger partial charge in [0.25, 0.3) is 0 Å². The Hall–Kier alpha value is -2.96. The third-order valence-corrected chi connectivity index (χ3v) is 10.7. The Kier molecular flexibility index (Phi) is 15.6. The van der Waals surface area contributed by atoms with Crippen molar-refractivity contribution in [1.29, 1.82) is 0 Å². The number of ether oxygens (including phenoxy) is 1. The van der Waals surface area contributed by atoms with Gasteiger partial charge in [-0.3, -0.25) is 19.2 Å². The summed E-state index contributed by atoms with van der Waals surface area (Å²) in [4.78, 5) is 56.1. The summed E-state index contributed by atoms with van der Waals surface area (Å²) in [7, 11) is -3.74. The van der Waals surface area contributed by atoms with Crippen molar-refractivity contribution < 1.29 is 32.3 Å². The van der Waals surface area contributed by atoms with Gasteiger partial charge in [-0.15, -0.1) is 0 Å². The van der Waals surface area contributed by atoms with Gasteiger partial charge in [0.1, 0.15) is 6.04 Å². The number of benzene rings is 2. The van der Waals surface area contributed by atoms with Crippen LogP contribution in [-0.2, 0) is 47.0 Å². The molecule has 274 valence electrons. The predicted molar refractivity (Wildman–Crippen MR) is 194 cm³/mol. The topological polar surface area (TPSA) is 139 Å². The zero-order chi connectivity index (χ0) is 36.1. The summed E-state index contributed by atoms with van der Waals surface area (Å²) < 4.78 is 33.6. The molecule has 2 heterocycles. The minimum absolute atomic E-state index is 0.100. The molecule has 2 saturated heterocycles. The Morgan fingerprint density at radius 3 is 2.36 bits per heavy atom. The average Bonchev–Trinajstić information content (AvgIpc) is 3.54. The summed E-state index contributed by atoms with van der Waals surface area (Å²) >= 11 is 6.03. The Morgan fingerprint density at radius 1 is 1.00 bits per heavy atom. The van der Waals surface area contributed by atoms with Crippen LogP contribution in [0.2, 0.25) is 5.02 Å². The van der Waals surface area contributed by atoms with Crippen molar-refractivity contribution in [3.8, 4) is 0 Å². The van der Waals surface area contributed by atoms with Crippen molar-refractivity contribution in [2.45, 2.75) is 102 Å². The van der Waals surface area contributed by atoms with Gasteiger partial charge in [-0.2, -0.15) is 0 Å². The van der Waals surface area contributed by atoms with E-state index in [9.17, 15) is 27.6 Å². The van der Waals surface area contributed by atoms with Crippen LogP contribution in [0.4, 0.5) is 0 Å². The molecule has 2 aromatic rings. The van der Waals surface area contributed by atoms with Crippen LogP contribution in [0.5, 0.6) is 0 Å². The first-order chi connectivity index (χ1) is 23.9. The monoisotopic (exact) mass is 729 g/mol. The van der Waals surface area contributed by atoms with Gasteiger partial charge >= 0.3 is 0 Å². The van der Waals surface area contributed by atoms with Gasteiger partial charge in [-0.25, -0.2) is 13.1 Å². The van der Waals surface area contributed by atoms with Crippen molar-refractivity contribution in [1.82, 2.24) is 14.9 Å². The number of halogens is 1. The summed E-state index contributed by atoms with van der Waals surface area (Å²) in [6.07, 6.45) is 5.73. The molecule has 0 saturated carbocycles. The fourth-order valence-electron chi connectivity index (χ4n) is 7.03. The van der Waals surface area contributed by atoms with Crippen LogP contribution in [0.25, 0.3) is 0 Å². The SMILES string of the molecule is CCC[C@H](CC(=O)[C@@H]1C[C@@H](OCc2ccc(Cl)cc2)CN1C(=O)[C@@H](CCC1CCNCC1)NS(C)(=O)=O)C(=O)C(=O)CCCc1ccccc1. The Labute approximate surface area is 302 Å². The molecule has 10 nitrogen and oxygen atoms in total. The van der Waals surface area contributed by atoms with Crippen molar-refractivity contribution in [3.63, 3.8) is 0 Å². The molecule has 2 aliphatic heterocycles. The highest BCUT2D eigenvalue weighted by Gasteiger charge is 2.43. The van der Waals surface area contributed by atoms with Crippen LogP contribution in [0.3, 0.4) is 0 Å². The van der Waals surface area contributed by atoms with Crippen molar-refractivity contribution >= 4 is 44.9 Å². The number of hydrogen-bond acceptors (Lipinski definition) is 8. The molecule has 2 fully saturated rings. The molecule has 2 aliphatic rings. The van der Waals surface area contributed by atoms with E-state index in [1.54, 1.807) is 12.1 Å². The van der Waals surface area contributed by atoms with Crippen molar-refractivity contribution in [2.75, 3.05) is 25.9 Å². The third kappa shape index (κ3) is 12.7. The van der Waals surface area contributed by atoms with E-state index in [4.69, 9.17) is 16.3 Å². The number of sulfonamides is 1. The highest BCUT2D eigenvalue weighted by atomic mass is 35.5. The third-order valence-electron chi connectivity index (χ3n) is 9.74. The van der Waals surface area contributed by atoms with Gasteiger partial charge in [0.15, 0.2) is 11.6 Å². The predicted octanol–water partition coefficient (Wildman–Crippen LogP) is 5.06. The maximum Gasteiger partial charge on any atom is 0.241 e. The maximum absolute atomic E-state index is 14.2. The fourth-order valence-corrected chi connectivity index (χ4v) is 7.89. The number of aryl methyl sites for hydroxylation is 1. The van der Waals surface area contributed by atoms with E-state index >= 15 is 0 Å². The molecule has 0 aromatic heterocycles. The lowest BCUT2D eigenvalue weighted by Gasteiger charge is -2.30. The van der Waals surface area contributed by atoms with Crippen LogP contribution in [0, 0.1) is 11.8 Å². The summed E-state index contributed by atoms with van der Waals surface area (Å²) in [5.41, 5.74) is 1.96. The summed E-state index contributed by atoms with van der Waals surface area (Å²) in [6.45, 7) is 4.00. The minimum Gasteiger partial charge on any atom is -0.372 e. The molecule has 12 heteroatoms. The normalized spacial score (nSPS) is 19.6. The average molecular weight is 730 g/mol. The molecular weight excluding hydrogens is 678 g/mol. The Bertz CT molecular complexity index is 1530. The molecule has 0 unspecified atom stereocenters. The molecule has 0 aliphatic carbocycles. The van der Waals surface area contributed by atoms with Gasteiger partial charge in [-0.1, -0.05) is 67.4 Å². The zero-order valence-electron chi connectivity index (χ0n) is 29.3. The number of rotatable bonds is 20. The molecule has 2 aromatic carbocycles. The Morgan fingerprint density at radius 2 is 1.70 bits per heavy atom. The van der Waals surface area contributed by atoms with Crippen molar-refractivity contribution in [2.24, 2.45) is 11.8 Å². The first-order valence-corrected chi connectivity index (χ1v) is 20.2. The van der Waals surface area contributed by atoms with E-state index < -0.39 is 51.6 Å². The van der Waals surface area contributed by atoms with Gasteiger partial charge in [0.2, 0.25) is 21.7 Å². The summed E-state index contributed by atoms with van der Waals surface area (Å²) in [6, 6.07) is 15.0. The number of likely N-dealkylation sites (tertiary alicyclic amines) is 1. The van der Waals surface area contributed by atoms with E-state index in [1.807, 2.05) is 49.4 Å². The van der Waals surface area contributed by atoms with Crippen molar-refractivity contribution in [3.05, 3.63) is 70.7 Å². The lowest BCUT2D eigenvalue weighted by atomic mass is 9.87. The van der Waals surface area contributed by atoms with Crippen LogP contribution < -0.4 is 10.0 Å². The van der Waals surface area contributed by atoms with E-state index in [1.165, 1.54) is 4.90 Å². The van der Waals surface area contributed by atoms with Gasteiger partial charge in [0, 0.05) is 36.7 Å². The molecule has 50 heavy (non-hydrogen) atoms. The molecule has 4 atom stereocenters. The second-order valence-electron chi connectivity index (χ2n) is 13.8. The van der Waals surface area contributed by atoms with E-state index in [2.05, 4.69) is 10.0 Å². The Balaban J connectivity index is 1.48. The van der Waals surface area contributed by atoms with E-state index in [-0.39, 0.29) is 38.2 Å². The lowest BCUT2D eigenvalue weighted by Crippen LogP contribution is -2.52. The number of hydrogen-bond donors (Lipinski definition) is 2. The lowest BCUT2D eigenvalue weighted by molar-refractivity contribution is -0.142. The molecule has 0 bridgehead atoms. The van der Waals surface area contributed by atoms with Gasteiger partial charge in [0.05, 0.1) is 25.0 Å². The standard InChI is InChI=1S/C38H52ClN3O7S/c1-3-8-30(37(45)35(43)12-7-11-27-9-5-4-6-10-27)23-36(44)34-24-32(49-26-29-13-16-31(39)17-14-29)25-42(34)38(46)33(41-50(2,47)48)18-15-28-19-21-40-22-20-28/h4-6,9-10,13-14,16-17,28,30,32-34,40-41H,3,7-8,11-12,15,18-26H2,1-2H3/t30-,32-,33-,34+/m1/s1. The maximum atomic E-state index is 14.2. The van der Waals surface area contributed by atoms with Crippen LogP contribution in [-0.4, -0.2) is 80.7 Å². The second kappa shape index (κ2) is 19.6. The highest BCUT2D eigenvalue weighted by molar-refractivity contribution is 7.88. The molecule has 0 radical (unpaired) electrons. The number of Topliss-reactive ketones (excluding diaryl/α,β-unsaturated/α-hetero) is 3. The second-order valence-corrected chi connectivity index (χ2v) is 16.0. The zero-order valence-corrected chi connectivity index (χ0v) is 30.9. The fraction of sp³-hybridized carbons (Fsp3) is 0.579. The number of ketones is 3. The number of piperidine rings is 1. The molecular formula is C38H52ClN3O7S. The quantitative estimate of drug-likeness (QED) is 0.181. The van der Waals surface area contributed by atoms with Gasteiger partial charge in [-0.05, 0) is 87.2 Å². The van der Waals surface area contributed by atoms with Crippen LogP contribution in [0.15, 0.2) is 54.6 Å². The summed E-state index contributed by atoms with van der Waals surface area (Å²) in [5.74, 6) is -2.24. The molecule has 0 spiro atoms. The largest absolute Gasteiger partial charge is 0.372 e. The number of nitrogens with one attached hydrogen (secondary N) is 2. The van der Waals surface area contributed by atoms with Gasteiger partial charge < -0.3 is 15.0 Å². The smallest absolute Gasteiger partial charge is 0.241 e.